The van der Waals surface area contributed by atoms with E-state index in [0.717, 1.165) is 28.2 Å². The number of furan rings is 1. The van der Waals surface area contributed by atoms with E-state index in [1.165, 1.54) is 0 Å². The molecule has 0 saturated carbocycles. The highest BCUT2D eigenvalue weighted by atomic mass is 35.5. The first-order valence-electron chi connectivity index (χ1n) is 7.73. The Kier molecular flexibility index (Phi) is 5.16. The lowest BCUT2D eigenvalue weighted by atomic mass is 10.2. The number of fused-ring (bicyclic) bond motifs is 1. The third-order valence-corrected chi connectivity index (χ3v) is 3.64. The molecule has 2 aromatic heterocycles. The summed E-state index contributed by atoms with van der Waals surface area (Å²) in [5.74, 6) is 2.19. The van der Waals surface area contributed by atoms with Crippen LogP contribution in [0.25, 0.3) is 10.9 Å². The van der Waals surface area contributed by atoms with Gasteiger partial charge in [0.15, 0.2) is 0 Å². The van der Waals surface area contributed by atoms with E-state index in [9.17, 15) is 0 Å². The number of hydrogen-bond donors (Lipinski definition) is 2. The standard InChI is InChI=1S/C19H16N4O.ClH/c1-2-7-14(8-3-1)21-19-22-17-11-5-4-10-16(17)18(23-19)20-13-15-9-6-12-24-15;/h1-12H,13H2,(H2,20,21,22,23);1H. The van der Waals surface area contributed by atoms with Gasteiger partial charge in [-0.1, -0.05) is 30.3 Å². The largest absolute Gasteiger partial charge is 0.467 e. The lowest BCUT2D eigenvalue weighted by Gasteiger charge is -2.11. The number of para-hydroxylation sites is 2. The van der Waals surface area contributed by atoms with Gasteiger partial charge in [-0.3, -0.25) is 0 Å². The zero-order valence-corrected chi connectivity index (χ0v) is 14.2. The fourth-order valence-corrected chi connectivity index (χ4v) is 2.50. The Morgan fingerprint density at radius 1 is 0.840 bits per heavy atom. The summed E-state index contributed by atoms with van der Waals surface area (Å²) in [6, 6.07) is 21.6. The van der Waals surface area contributed by atoms with Gasteiger partial charge in [-0.05, 0) is 36.4 Å². The van der Waals surface area contributed by atoms with E-state index >= 15 is 0 Å². The summed E-state index contributed by atoms with van der Waals surface area (Å²) in [5, 5.41) is 7.55. The molecule has 4 aromatic rings. The third-order valence-electron chi connectivity index (χ3n) is 3.64. The molecule has 5 nitrogen and oxygen atoms in total. The van der Waals surface area contributed by atoms with Gasteiger partial charge in [0.2, 0.25) is 5.95 Å². The van der Waals surface area contributed by atoms with Crippen molar-refractivity contribution in [3.63, 3.8) is 0 Å². The maximum Gasteiger partial charge on any atom is 0.229 e. The molecule has 0 radical (unpaired) electrons. The quantitative estimate of drug-likeness (QED) is 0.529. The Labute approximate surface area is 151 Å². The van der Waals surface area contributed by atoms with Crippen LogP contribution < -0.4 is 10.6 Å². The number of nitrogens with zero attached hydrogens (tertiary/aromatic N) is 2. The molecule has 2 N–H and O–H groups in total. The van der Waals surface area contributed by atoms with Gasteiger partial charge >= 0.3 is 0 Å². The van der Waals surface area contributed by atoms with Crippen LogP contribution in [0.2, 0.25) is 0 Å². The number of benzene rings is 2. The lowest BCUT2D eigenvalue weighted by Crippen LogP contribution is -2.05. The first-order valence-corrected chi connectivity index (χ1v) is 7.73. The van der Waals surface area contributed by atoms with Crippen molar-refractivity contribution < 1.29 is 4.42 Å². The summed E-state index contributed by atoms with van der Waals surface area (Å²) < 4.78 is 5.37. The normalized spacial score (nSPS) is 10.2. The van der Waals surface area contributed by atoms with Crippen LogP contribution in [0.3, 0.4) is 0 Å². The first kappa shape index (κ1) is 16.8. The van der Waals surface area contributed by atoms with E-state index < -0.39 is 0 Å². The van der Waals surface area contributed by atoms with Crippen molar-refractivity contribution in [3.8, 4) is 0 Å². The Hall–Kier alpha value is -3.05. The van der Waals surface area contributed by atoms with Crippen molar-refractivity contribution in [1.29, 1.82) is 0 Å². The molecule has 0 atom stereocenters. The summed E-state index contributed by atoms with van der Waals surface area (Å²) in [6.07, 6.45) is 1.66. The topological polar surface area (TPSA) is 63.0 Å². The summed E-state index contributed by atoms with van der Waals surface area (Å²) in [6.45, 7) is 0.568. The molecule has 2 aromatic carbocycles. The highest BCUT2D eigenvalue weighted by Crippen LogP contribution is 2.24. The number of anilines is 3. The van der Waals surface area contributed by atoms with Gasteiger partial charge in [0.25, 0.3) is 0 Å². The van der Waals surface area contributed by atoms with E-state index in [2.05, 4.69) is 20.6 Å². The summed E-state index contributed by atoms with van der Waals surface area (Å²) in [7, 11) is 0. The molecule has 0 amide bonds. The van der Waals surface area contributed by atoms with Crippen molar-refractivity contribution in [2.24, 2.45) is 0 Å². The van der Waals surface area contributed by atoms with Crippen molar-refractivity contribution >= 4 is 40.8 Å². The van der Waals surface area contributed by atoms with E-state index in [-0.39, 0.29) is 12.4 Å². The highest BCUT2D eigenvalue weighted by molar-refractivity contribution is 5.90. The molecule has 0 spiro atoms. The Morgan fingerprint density at radius 3 is 2.44 bits per heavy atom. The first-order chi connectivity index (χ1) is 11.9. The predicted octanol–water partition coefficient (Wildman–Crippen LogP) is 5.00. The van der Waals surface area contributed by atoms with Crippen LogP contribution in [0.1, 0.15) is 5.76 Å². The minimum Gasteiger partial charge on any atom is -0.467 e. The van der Waals surface area contributed by atoms with Crippen molar-refractivity contribution in [3.05, 3.63) is 78.8 Å². The molecule has 0 aliphatic heterocycles. The van der Waals surface area contributed by atoms with Gasteiger partial charge in [-0.25, -0.2) is 4.98 Å². The minimum absolute atomic E-state index is 0. The van der Waals surface area contributed by atoms with Crippen LogP contribution >= 0.6 is 12.4 Å². The molecule has 0 aliphatic carbocycles. The smallest absolute Gasteiger partial charge is 0.229 e. The molecule has 0 unspecified atom stereocenters. The summed E-state index contributed by atoms with van der Waals surface area (Å²) in [4.78, 5) is 9.21. The van der Waals surface area contributed by atoms with Gasteiger partial charge < -0.3 is 15.1 Å². The van der Waals surface area contributed by atoms with Crippen LogP contribution in [0.15, 0.2) is 77.4 Å². The van der Waals surface area contributed by atoms with E-state index in [1.807, 2.05) is 66.7 Å². The van der Waals surface area contributed by atoms with Crippen LogP contribution in [-0.4, -0.2) is 9.97 Å². The van der Waals surface area contributed by atoms with Crippen LogP contribution in [0.5, 0.6) is 0 Å². The van der Waals surface area contributed by atoms with Crippen LogP contribution in [0.4, 0.5) is 17.5 Å². The molecule has 126 valence electrons. The van der Waals surface area contributed by atoms with Gasteiger partial charge in [-0.2, -0.15) is 4.98 Å². The molecule has 0 fully saturated rings. The second kappa shape index (κ2) is 7.68. The second-order valence-electron chi connectivity index (χ2n) is 5.34. The average molecular weight is 353 g/mol. The van der Waals surface area contributed by atoms with Crippen molar-refractivity contribution in [2.75, 3.05) is 10.6 Å². The lowest BCUT2D eigenvalue weighted by molar-refractivity contribution is 0.518. The Balaban J connectivity index is 0.00000182. The van der Waals surface area contributed by atoms with E-state index in [1.54, 1.807) is 6.26 Å². The number of rotatable bonds is 5. The van der Waals surface area contributed by atoms with Gasteiger partial charge in [0.1, 0.15) is 11.6 Å². The zero-order chi connectivity index (χ0) is 16.2. The highest BCUT2D eigenvalue weighted by Gasteiger charge is 2.08. The molecule has 25 heavy (non-hydrogen) atoms. The van der Waals surface area contributed by atoms with E-state index in [0.29, 0.717) is 12.5 Å². The second-order valence-corrected chi connectivity index (χ2v) is 5.34. The maximum atomic E-state index is 5.37. The fourth-order valence-electron chi connectivity index (χ4n) is 2.50. The maximum absolute atomic E-state index is 5.37. The molecule has 0 saturated heterocycles. The van der Waals surface area contributed by atoms with Gasteiger partial charge in [0, 0.05) is 11.1 Å². The fraction of sp³-hybridized carbons (Fsp3) is 0.0526. The van der Waals surface area contributed by atoms with Crippen molar-refractivity contribution in [1.82, 2.24) is 9.97 Å². The van der Waals surface area contributed by atoms with Crippen LogP contribution in [0, 0.1) is 0 Å². The summed E-state index contributed by atoms with van der Waals surface area (Å²) in [5.41, 5.74) is 1.83. The van der Waals surface area contributed by atoms with E-state index in [4.69, 9.17) is 4.42 Å². The number of hydrogen-bond acceptors (Lipinski definition) is 5. The molecule has 0 bridgehead atoms. The number of halogens is 1. The zero-order valence-electron chi connectivity index (χ0n) is 13.3. The molecular formula is C19H17ClN4O. The van der Waals surface area contributed by atoms with Gasteiger partial charge in [0.05, 0.1) is 18.3 Å². The van der Waals surface area contributed by atoms with Gasteiger partial charge in [-0.15, -0.1) is 12.4 Å². The van der Waals surface area contributed by atoms with Crippen LogP contribution in [-0.2, 0) is 6.54 Å². The number of nitrogens with one attached hydrogen (secondary N) is 2. The Morgan fingerprint density at radius 2 is 1.64 bits per heavy atom. The molecular weight excluding hydrogens is 336 g/mol. The third kappa shape index (κ3) is 3.89. The molecule has 2 heterocycles. The number of aromatic nitrogens is 2. The molecule has 0 aliphatic rings. The SMILES string of the molecule is Cl.c1ccc(Nc2nc(NCc3ccco3)c3ccccc3n2)cc1. The van der Waals surface area contributed by atoms with Crippen molar-refractivity contribution in [2.45, 2.75) is 6.54 Å². The molecule has 6 heteroatoms. The summed E-state index contributed by atoms with van der Waals surface area (Å²) >= 11 is 0. The monoisotopic (exact) mass is 352 g/mol. The molecule has 4 rings (SSSR count). The Bertz CT molecular complexity index is 942. The predicted molar refractivity (Wildman–Crippen MR) is 103 cm³/mol. The average Bonchev–Trinajstić information content (AvgIpc) is 3.14. The minimum atomic E-state index is 0.